The lowest BCUT2D eigenvalue weighted by molar-refractivity contribution is 0.0278. The van der Waals surface area contributed by atoms with Gasteiger partial charge >= 0.3 is 0 Å². The van der Waals surface area contributed by atoms with E-state index >= 15 is 0 Å². The lowest BCUT2D eigenvalue weighted by Crippen LogP contribution is -2.45. The highest BCUT2D eigenvalue weighted by molar-refractivity contribution is 6.74. The maximum atomic E-state index is 6.73. The smallest absolute Gasteiger partial charge is 0.192 e. The molecule has 0 amide bonds. The zero-order valence-electron chi connectivity index (χ0n) is 22.1. The second-order valence-corrected chi connectivity index (χ2v) is 21.2. The van der Waals surface area contributed by atoms with Crippen LogP contribution >= 0.6 is 0 Å². The number of hydrogen-bond donors (Lipinski definition) is 0. The summed E-state index contributed by atoms with van der Waals surface area (Å²) in [4.78, 5) is 0. The van der Waals surface area contributed by atoms with E-state index in [0.717, 1.165) is 30.8 Å². The summed E-state index contributed by atoms with van der Waals surface area (Å²) < 4.78 is 24.4. The Hall–Kier alpha value is -0.666. The van der Waals surface area contributed by atoms with Gasteiger partial charge in [-0.3, -0.25) is 0 Å². The average Bonchev–Trinajstić information content (AvgIpc) is 2.63. The molecular formula is C25H48O4Si2. The Morgan fingerprint density at radius 1 is 0.839 bits per heavy atom. The molecule has 0 aliphatic heterocycles. The SMILES string of the molecule is COc1ccc(COC[C@H](CCCO[Si](C)(C)C(C)(C)C)O[Si](C)(C)C(C)(C)C)cc1. The summed E-state index contributed by atoms with van der Waals surface area (Å²) in [5, 5.41) is 0.421. The molecule has 0 saturated carbocycles. The Morgan fingerprint density at radius 3 is 1.87 bits per heavy atom. The van der Waals surface area contributed by atoms with Gasteiger partial charge in [-0.15, -0.1) is 0 Å². The maximum Gasteiger partial charge on any atom is 0.192 e. The fourth-order valence-electron chi connectivity index (χ4n) is 2.65. The highest BCUT2D eigenvalue weighted by atomic mass is 28.4. The minimum absolute atomic E-state index is 0.0992. The number of methoxy groups -OCH3 is 1. The molecular weight excluding hydrogens is 420 g/mol. The van der Waals surface area contributed by atoms with Gasteiger partial charge in [-0.05, 0) is 66.8 Å². The van der Waals surface area contributed by atoms with Crippen molar-refractivity contribution in [2.45, 2.75) is 103 Å². The summed E-state index contributed by atoms with van der Waals surface area (Å²) in [6.07, 6.45) is 2.06. The number of benzene rings is 1. The van der Waals surface area contributed by atoms with Gasteiger partial charge in [0.25, 0.3) is 0 Å². The van der Waals surface area contributed by atoms with Gasteiger partial charge in [0.15, 0.2) is 16.6 Å². The molecule has 1 aromatic carbocycles. The predicted octanol–water partition coefficient (Wildman–Crippen LogP) is 7.40. The molecule has 0 saturated heterocycles. The van der Waals surface area contributed by atoms with Gasteiger partial charge in [0, 0.05) is 6.61 Å². The van der Waals surface area contributed by atoms with Crippen LogP contribution in [0.15, 0.2) is 24.3 Å². The Kier molecular flexibility index (Phi) is 10.5. The van der Waals surface area contributed by atoms with Crippen LogP contribution in [0.5, 0.6) is 5.75 Å². The Labute approximate surface area is 194 Å². The van der Waals surface area contributed by atoms with E-state index in [0.29, 0.717) is 13.2 Å². The first kappa shape index (κ1) is 28.4. The van der Waals surface area contributed by atoms with Gasteiger partial charge in [0.1, 0.15) is 5.75 Å². The molecule has 0 heterocycles. The first-order valence-electron chi connectivity index (χ1n) is 11.6. The van der Waals surface area contributed by atoms with Crippen molar-refractivity contribution < 1.29 is 18.3 Å². The third-order valence-corrected chi connectivity index (χ3v) is 16.0. The summed E-state index contributed by atoms with van der Waals surface area (Å²) in [6.45, 7) is 25.0. The standard InChI is InChI=1S/C25H48O4Si2/c1-24(2,3)30(8,9)28-18-12-13-23(29-31(10,11)25(4,5)6)20-27-19-21-14-16-22(26-7)17-15-21/h14-17,23H,12-13,18-20H2,1-11H3/t23-/m0/s1. The summed E-state index contributed by atoms with van der Waals surface area (Å²) in [6, 6.07) is 8.05. The molecule has 0 fully saturated rings. The molecule has 1 atom stereocenters. The lowest BCUT2D eigenvalue weighted by atomic mass is 10.2. The zero-order valence-corrected chi connectivity index (χ0v) is 24.1. The minimum Gasteiger partial charge on any atom is -0.497 e. The molecule has 1 aromatic rings. The van der Waals surface area contributed by atoms with Crippen LogP contribution in [0.4, 0.5) is 0 Å². The van der Waals surface area contributed by atoms with Crippen molar-refractivity contribution in [3.8, 4) is 5.75 Å². The van der Waals surface area contributed by atoms with Crippen LogP contribution in [-0.4, -0.2) is 43.1 Å². The van der Waals surface area contributed by atoms with Crippen LogP contribution < -0.4 is 4.74 Å². The second-order valence-electron chi connectivity index (χ2n) is 11.6. The molecule has 0 unspecified atom stereocenters. The summed E-state index contributed by atoms with van der Waals surface area (Å²) in [5.74, 6) is 0.865. The van der Waals surface area contributed by atoms with Crippen molar-refractivity contribution in [3.05, 3.63) is 29.8 Å². The van der Waals surface area contributed by atoms with Crippen LogP contribution in [0.2, 0.25) is 36.3 Å². The van der Waals surface area contributed by atoms with E-state index in [1.807, 2.05) is 12.1 Å². The largest absolute Gasteiger partial charge is 0.497 e. The lowest BCUT2D eigenvalue weighted by Gasteiger charge is -2.39. The molecule has 0 radical (unpaired) electrons. The van der Waals surface area contributed by atoms with Crippen LogP contribution in [-0.2, 0) is 20.2 Å². The second kappa shape index (κ2) is 11.5. The average molecular weight is 469 g/mol. The number of rotatable bonds is 12. The molecule has 1 rings (SSSR count). The topological polar surface area (TPSA) is 36.9 Å². The van der Waals surface area contributed by atoms with Crippen molar-refractivity contribution in [1.29, 1.82) is 0 Å². The minimum atomic E-state index is -1.87. The highest BCUT2D eigenvalue weighted by Crippen LogP contribution is 2.38. The van der Waals surface area contributed by atoms with Crippen molar-refractivity contribution in [2.24, 2.45) is 0 Å². The molecule has 0 aliphatic carbocycles. The molecule has 0 aromatic heterocycles. The summed E-state index contributed by atoms with van der Waals surface area (Å²) >= 11 is 0. The molecule has 0 spiro atoms. The molecule has 0 N–H and O–H groups in total. The van der Waals surface area contributed by atoms with Crippen molar-refractivity contribution in [1.82, 2.24) is 0 Å². The molecule has 0 aliphatic rings. The quantitative estimate of drug-likeness (QED) is 0.236. The van der Waals surface area contributed by atoms with Crippen LogP contribution in [0, 0.1) is 0 Å². The first-order valence-corrected chi connectivity index (χ1v) is 17.4. The molecule has 0 bridgehead atoms. The van der Waals surface area contributed by atoms with E-state index in [1.165, 1.54) is 0 Å². The van der Waals surface area contributed by atoms with Crippen LogP contribution in [0.1, 0.15) is 59.9 Å². The first-order chi connectivity index (χ1) is 14.1. The van der Waals surface area contributed by atoms with Crippen molar-refractivity contribution >= 4 is 16.6 Å². The van der Waals surface area contributed by atoms with Crippen molar-refractivity contribution in [2.75, 3.05) is 20.3 Å². The fourth-order valence-corrected chi connectivity index (χ4v) is 5.11. The summed E-state index contributed by atoms with van der Waals surface area (Å²) in [7, 11) is -1.89. The highest BCUT2D eigenvalue weighted by Gasteiger charge is 2.39. The molecule has 31 heavy (non-hydrogen) atoms. The third-order valence-electron chi connectivity index (χ3n) is 6.94. The predicted molar refractivity (Wildman–Crippen MR) is 137 cm³/mol. The maximum absolute atomic E-state index is 6.73. The van der Waals surface area contributed by atoms with E-state index in [4.69, 9.17) is 18.3 Å². The number of hydrogen-bond acceptors (Lipinski definition) is 4. The fraction of sp³-hybridized carbons (Fsp3) is 0.760. The molecule has 6 heteroatoms. The van der Waals surface area contributed by atoms with E-state index in [1.54, 1.807) is 7.11 Å². The molecule has 180 valence electrons. The van der Waals surface area contributed by atoms with Gasteiger partial charge in [-0.1, -0.05) is 53.7 Å². The monoisotopic (exact) mass is 468 g/mol. The van der Waals surface area contributed by atoms with Crippen LogP contribution in [0.3, 0.4) is 0 Å². The van der Waals surface area contributed by atoms with Gasteiger partial charge < -0.3 is 18.3 Å². The van der Waals surface area contributed by atoms with Crippen molar-refractivity contribution in [3.63, 3.8) is 0 Å². The third kappa shape index (κ3) is 9.38. The normalized spacial score (nSPS) is 14.5. The Balaban J connectivity index is 2.66. The van der Waals surface area contributed by atoms with E-state index in [-0.39, 0.29) is 16.2 Å². The van der Waals surface area contributed by atoms with Crippen LogP contribution in [0.25, 0.3) is 0 Å². The Morgan fingerprint density at radius 2 is 1.39 bits per heavy atom. The van der Waals surface area contributed by atoms with Gasteiger partial charge in [-0.2, -0.15) is 0 Å². The van der Waals surface area contributed by atoms with E-state index < -0.39 is 16.6 Å². The molecule has 4 nitrogen and oxygen atoms in total. The van der Waals surface area contributed by atoms with Gasteiger partial charge in [0.2, 0.25) is 0 Å². The Bertz CT molecular complexity index is 643. The zero-order chi connectivity index (χ0) is 23.9. The van der Waals surface area contributed by atoms with Gasteiger partial charge in [0.05, 0.1) is 26.4 Å². The summed E-state index contributed by atoms with van der Waals surface area (Å²) in [5.41, 5.74) is 1.15. The van der Waals surface area contributed by atoms with Gasteiger partial charge in [-0.25, -0.2) is 0 Å². The van der Waals surface area contributed by atoms with E-state index in [9.17, 15) is 0 Å². The van der Waals surface area contributed by atoms with E-state index in [2.05, 4.69) is 79.9 Å². The number of ether oxygens (including phenoxy) is 2.